The van der Waals surface area contributed by atoms with E-state index < -0.39 is 6.09 Å². The fraction of sp³-hybridized carbons (Fsp3) is 0.300. The lowest BCUT2D eigenvalue weighted by Gasteiger charge is -2.04. The van der Waals surface area contributed by atoms with Crippen LogP contribution in [0.15, 0.2) is 24.8 Å². The van der Waals surface area contributed by atoms with Crippen molar-refractivity contribution in [2.24, 2.45) is 5.73 Å². The molecule has 2 rings (SSSR count). The summed E-state index contributed by atoms with van der Waals surface area (Å²) in [6, 6.07) is 1.76. The molecule has 6 nitrogen and oxygen atoms in total. The highest BCUT2D eigenvalue weighted by Gasteiger charge is 2.10. The SMILES string of the molecule is NCCCOC(=O)n1ccc2cncnc21. The van der Waals surface area contributed by atoms with Gasteiger partial charge in [-0.2, -0.15) is 0 Å². The highest BCUT2D eigenvalue weighted by Crippen LogP contribution is 2.11. The van der Waals surface area contributed by atoms with Crippen molar-refractivity contribution in [2.75, 3.05) is 13.2 Å². The van der Waals surface area contributed by atoms with Gasteiger partial charge in [0.05, 0.1) is 6.61 Å². The molecule has 2 aromatic heterocycles. The minimum absolute atomic E-state index is 0.320. The second kappa shape index (κ2) is 4.71. The summed E-state index contributed by atoms with van der Waals surface area (Å²) in [5, 5.41) is 0.804. The number of nitrogens with zero attached hydrogens (tertiary/aromatic N) is 3. The molecular weight excluding hydrogens is 208 g/mol. The van der Waals surface area contributed by atoms with Crippen LogP contribution in [-0.2, 0) is 4.74 Å². The molecule has 0 unspecified atom stereocenters. The summed E-state index contributed by atoms with van der Waals surface area (Å²) in [7, 11) is 0. The van der Waals surface area contributed by atoms with Crippen LogP contribution >= 0.6 is 0 Å². The van der Waals surface area contributed by atoms with Crippen molar-refractivity contribution in [3.05, 3.63) is 24.8 Å². The van der Waals surface area contributed by atoms with Crippen molar-refractivity contribution in [3.63, 3.8) is 0 Å². The molecule has 0 spiro atoms. The van der Waals surface area contributed by atoms with Gasteiger partial charge in [0, 0.05) is 17.8 Å². The maximum absolute atomic E-state index is 11.6. The number of fused-ring (bicyclic) bond motifs is 1. The molecule has 0 saturated carbocycles. The van der Waals surface area contributed by atoms with Gasteiger partial charge in [0.1, 0.15) is 6.33 Å². The summed E-state index contributed by atoms with van der Waals surface area (Å²) >= 11 is 0. The van der Waals surface area contributed by atoms with Crippen LogP contribution in [0.3, 0.4) is 0 Å². The molecule has 0 fully saturated rings. The topological polar surface area (TPSA) is 83.0 Å². The lowest BCUT2D eigenvalue weighted by Crippen LogP contribution is -2.15. The lowest BCUT2D eigenvalue weighted by molar-refractivity contribution is 0.148. The molecule has 84 valence electrons. The number of nitrogens with two attached hydrogens (primary N) is 1. The number of hydrogen-bond acceptors (Lipinski definition) is 5. The average molecular weight is 220 g/mol. The van der Waals surface area contributed by atoms with E-state index in [1.54, 1.807) is 18.5 Å². The first-order valence-electron chi connectivity index (χ1n) is 4.97. The molecule has 0 radical (unpaired) electrons. The highest BCUT2D eigenvalue weighted by atomic mass is 16.5. The number of rotatable bonds is 3. The summed E-state index contributed by atoms with van der Waals surface area (Å²) in [4.78, 5) is 19.5. The zero-order valence-electron chi connectivity index (χ0n) is 8.67. The third-order valence-electron chi connectivity index (χ3n) is 2.12. The van der Waals surface area contributed by atoms with E-state index in [1.165, 1.54) is 10.9 Å². The molecule has 0 atom stereocenters. The van der Waals surface area contributed by atoms with Crippen LogP contribution in [-0.4, -0.2) is 33.8 Å². The Labute approximate surface area is 92.0 Å². The summed E-state index contributed by atoms with van der Waals surface area (Å²) in [5.74, 6) is 0. The van der Waals surface area contributed by atoms with Crippen LogP contribution in [0.5, 0.6) is 0 Å². The lowest BCUT2D eigenvalue weighted by atomic mass is 10.4. The maximum Gasteiger partial charge on any atom is 0.419 e. The van der Waals surface area contributed by atoms with Gasteiger partial charge in [-0.15, -0.1) is 0 Å². The molecule has 0 amide bonds. The van der Waals surface area contributed by atoms with Gasteiger partial charge < -0.3 is 10.5 Å². The predicted molar refractivity (Wildman–Crippen MR) is 57.9 cm³/mol. The first kappa shape index (κ1) is 10.6. The van der Waals surface area contributed by atoms with E-state index in [1.807, 2.05) is 0 Å². The largest absolute Gasteiger partial charge is 0.449 e. The van der Waals surface area contributed by atoms with Gasteiger partial charge in [0.25, 0.3) is 0 Å². The minimum atomic E-state index is -0.442. The van der Waals surface area contributed by atoms with Gasteiger partial charge in [-0.25, -0.2) is 19.3 Å². The van der Waals surface area contributed by atoms with Crippen LogP contribution in [0, 0.1) is 0 Å². The molecule has 2 N–H and O–H groups in total. The van der Waals surface area contributed by atoms with Gasteiger partial charge in [-0.3, -0.25) is 0 Å². The van der Waals surface area contributed by atoms with Gasteiger partial charge in [0.2, 0.25) is 0 Å². The Morgan fingerprint density at radius 1 is 1.56 bits per heavy atom. The van der Waals surface area contributed by atoms with Crippen LogP contribution < -0.4 is 5.73 Å². The van der Waals surface area contributed by atoms with Crippen molar-refractivity contribution in [3.8, 4) is 0 Å². The summed E-state index contributed by atoms with van der Waals surface area (Å²) in [5.41, 5.74) is 5.85. The number of ether oxygens (including phenoxy) is 1. The highest BCUT2D eigenvalue weighted by molar-refractivity contribution is 5.86. The molecular formula is C10H12N4O2. The van der Waals surface area contributed by atoms with E-state index in [2.05, 4.69) is 9.97 Å². The Kier molecular flexibility index (Phi) is 3.11. The Hall–Kier alpha value is -1.95. The first-order valence-corrected chi connectivity index (χ1v) is 4.97. The van der Waals surface area contributed by atoms with Crippen LogP contribution in [0.2, 0.25) is 0 Å². The fourth-order valence-corrected chi connectivity index (χ4v) is 1.34. The summed E-state index contributed by atoms with van der Waals surface area (Å²) < 4.78 is 6.37. The second-order valence-corrected chi connectivity index (χ2v) is 3.24. The number of hydrogen-bond donors (Lipinski definition) is 1. The van der Waals surface area contributed by atoms with E-state index >= 15 is 0 Å². The van der Waals surface area contributed by atoms with Crippen molar-refractivity contribution in [1.29, 1.82) is 0 Å². The van der Waals surface area contributed by atoms with Crippen molar-refractivity contribution in [1.82, 2.24) is 14.5 Å². The minimum Gasteiger partial charge on any atom is -0.449 e. The van der Waals surface area contributed by atoms with Crippen LogP contribution in [0.4, 0.5) is 4.79 Å². The molecule has 0 saturated heterocycles. The average Bonchev–Trinajstić information content (AvgIpc) is 2.73. The zero-order valence-corrected chi connectivity index (χ0v) is 8.67. The number of carbonyl (C=O) groups excluding carboxylic acids is 1. The van der Waals surface area contributed by atoms with Gasteiger partial charge in [-0.1, -0.05) is 0 Å². The summed E-state index contributed by atoms with van der Waals surface area (Å²) in [6.45, 7) is 0.821. The smallest absolute Gasteiger partial charge is 0.419 e. The van der Waals surface area contributed by atoms with E-state index in [-0.39, 0.29) is 0 Å². The van der Waals surface area contributed by atoms with Crippen molar-refractivity contribution < 1.29 is 9.53 Å². The third-order valence-corrected chi connectivity index (χ3v) is 2.12. The normalized spacial score (nSPS) is 10.6. The van der Waals surface area contributed by atoms with E-state index in [0.717, 1.165) is 5.39 Å². The molecule has 0 aromatic carbocycles. The Morgan fingerprint density at radius 2 is 2.44 bits per heavy atom. The van der Waals surface area contributed by atoms with E-state index in [0.29, 0.717) is 25.2 Å². The van der Waals surface area contributed by atoms with E-state index in [9.17, 15) is 4.79 Å². The zero-order chi connectivity index (χ0) is 11.4. The Balaban J connectivity index is 2.17. The molecule has 2 aromatic rings. The third kappa shape index (κ3) is 2.01. The fourth-order valence-electron chi connectivity index (χ4n) is 1.34. The maximum atomic E-state index is 11.6. The molecule has 0 aliphatic heterocycles. The molecule has 6 heteroatoms. The monoisotopic (exact) mass is 220 g/mol. The molecule has 2 heterocycles. The van der Waals surface area contributed by atoms with Gasteiger partial charge >= 0.3 is 6.09 Å². The second-order valence-electron chi connectivity index (χ2n) is 3.24. The summed E-state index contributed by atoms with van der Waals surface area (Å²) in [6.07, 6.45) is 4.87. The van der Waals surface area contributed by atoms with Crippen LogP contribution in [0.1, 0.15) is 6.42 Å². The van der Waals surface area contributed by atoms with Gasteiger partial charge in [0.15, 0.2) is 5.65 Å². The number of aromatic nitrogens is 3. The molecule has 0 aliphatic carbocycles. The predicted octanol–water partition coefficient (Wildman–Crippen LogP) is 0.765. The Bertz CT molecular complexity index is 494. The number of carbonyl (C=O) groups is 1. The quantitative estimate of drug-likeness (QED) is 0.772. The first-order chi connectivity index (χ1) is 7.83. The Morgan fingerprint density at radius 3 is 3.25 bits per heavy atom. The van der Waals surface area contributed by atoms with Gasteiger partial charge in [-0.05, 0) is 19.0 Å². The van der Waals surface area contributed by atoms with Crippen LogP contribution in [0.25, 0.3) is 11.0 Å². The van der Waals surface area contributed by atoms with Crippen molar-refractivity contribution in [2.45, 2.75) is 6.42 Å². The molecule has 0 bridgehead atoms. The standard InChI is InChI=1S/C10H12N4O2/c11-3-1-5-16-10(15)14-4-2-8-6-12-7-13-9(8)14/h2,4,6-7H,1,3,5,11H2. The molecule has 0 aliphatic rings. The van der Waals surface area contributed by atoms with Crippen molar-refractivity contribution >= 4 is 17.1 Å². The molecule has 16 heavy (non-hydrogen) atoms. The van der Waals surface area contributed by atoms with E-state index in [4.69, 9.17) is 10.5 Å².